The molecule has 0 aliphatic carbocycles. The summed E-state index contributed by atoms with van der Waals surface area (Å²) in [5.41, 5.74) is 0. The minimum absolute atomic E-state index is 1.26. The van der Waals surface area contributed by atoms with Gasteiger partial charge in [0.2, 0.25) is 0 Å². The lowest BCUT2D eigenvalue weighted by Crippen LogP contribution is -2.25. The van der Waals surface area contributed by atoms with Crippen molar-refractivity contribution in [3.8, 4) is 0 Å². The van der Waals surface area contributed by atoms with E-state index in [4.69, 9.17) is 22.9 Å². The SMILES string of the molecule is C[P+]1(C)c2ccccc2[P+](C)(C)[B-]1(Cl)Cl. The minimum Gasteiger partial charge on any atom is -0.269 e. The number of halogens is 2. The molecule has 0 fully saturated rings. The van der Waals surface area contributed by atoms with Crippen LogP contribution in [0.4, 0.5) is 0 Å². The van der Waals surface area contributed by atoms with E-state index in [-0.39, 0.29) is 0 Å². The van der Waals surface area contributed by atoms with Crippen molar-refractivity contribution in [3.63, 3.8) is 0 Å². The summed E-state index contributed by atoms with van der Waals surface area (Å²) in [5, 5.41) is 2.90. The summed E-state index contributed by atoms with van der Waals surface area (Å²) in [6.07, 6.45) is 0. The Hall–Kier alpha value is 0.725. The second kappa shape index (κ2) is 3.36. The van der Waals surface area contributed by atoms with E-state index in [1.807, 2.05) is 0 Å². The molecule has 1 aliphatic rings. The van der Waals surface area contributed by atoms with E-state index in [9.17, 15) is 0 Å². The van der Waals surface area contributed by atoms with Gasteiger partial charge in [0.05, 0.1) is 10.6 Å². The molecular weight excluding hydrogens is 264 g/mol. The van der Waals surface area contributed by atoms with Gasteiger partial charge in [-0.05, 0) is 26.4 Å². The van der Waals surface area contributed by atoms with Gasteiger partial charge in [-0.3, -0.25) is 22.9 Å². The molecule has 0 saturated heterocycles. The molecule has 1 aromatic rings. The van der Waals surface area contributed by atoms with E-state index in [1.54, 1.807) is 0 Å². The number of hydrogen-bond acceptors (Lipinski definition) is 0. The molecule has 2 rings (SSSR count). The summed E-state index contributed by atoms with van der Waals surface area (Å²) >= 11 is 13.5. The lowest BCUT2D eigenvalue weighted by atomic mass is 10.4. The quantitative estimate of drug-likeness (QED) is 0.504. The van der Waals surface area contributed by atoms with Crippen molar-refractivity contribution in [2.45, 2.75) is 0 Å². The Labute approximate surface area is 103 Å². The van der Waals surface area contributed by atoms with Crippen LogP contribution in [0.5, 0.6) is 0 Å². The van der Waals surface area contributed by atoms with Crippen molar-refractivity contribution < 1.29 is 0 Å². The Morgan fingerprint density at radius 1 is 0.867 bits per heavy atom. The molecule has 0 saturated carbocycles. The molecule has 82 valence electrons. The van der Waals surface area contributed by atoms with E-state index < -0.39 is 18.7 Å². The van der Waals surface area contributed by atoms with Gasteiger partial charge in [-0.25, -0.2) is 0 Å². The van der Waals surface area contributed by atoms with Gasteiger partial charge < -0.3 is 0 Å². The van der Waals surface area contributed by atoms with E-state index in [0.29, 0.717) is 0 Å². The second-order valence-corrected chi connectivity index (χ2v) is 17.0. The number of fused-ring (bicyclic) bond motifs is 1. The van der Waals surface area contributed by atoms with Gasteiger partial charge in [0.1, 0.15) is 0 Å². The van der Waals surface area contributed by atoms with E-state index in [1.165, 1.54) is 10.6 Å². The summed E-state index contributed by atoms with van der Waals surface area (Å²) in [6, 6.07) is 8.65. The van der Waals surface area contributed by atoms with Crippen molar-refractivity contribution in [1.29, 1.82) is 0 Å². The molecule has 0 N–H and O–H groups in total. The maximum atomic E-state index is 6.74. The first-order chi connectivity index (χ1) is 6.73. The van der Waals surface area contributed by atoms with Crippen LogP contribution in [0, 0.1) is 0 Å². The molecule has 0 unspecified atom stereocenters. The zero-order valence-electron chi connectivity index (χ0n) is 9.54. The molecule has 0 atom stereocenters. The molecule has 0 radical (unpaired) electrons. The molecule has 0 spiro atoms. The summed E-state index contributed by atoms with van der Waals surface area (Å²) in [7, 11) is -2.73. The van der Waals surface area contributed by atoms with Gasteiger partial charge in [0.25, 0.3) is 0 Å². The van der Waals surface area contributed by atoms with E-state index >= 15 is 0 Å². The summed E-state index contributed by atoms with van der Waals surface area (Å²) in [4.78, 5) is 0. The molecule has 0 bridgehead atoms. The normalized spacial score (nSPS) is 24.9. The first-order valence-electron chi connectivity index (χ1n) is 5.02. The zero-order chi connectivity index (χ0) is 11.5. The zero-order valence-corrected chi connectivity index (χ0v) is 12.8. The highest BCUT2D eigenvalue weighted by molar-refractivity contribution is 8.54. The van der Waals surface area contributed by atoms with Gasteiger partial charge in [-0.2, -0.15) is 0 Å². The summed E-state index contributed by atoms with van der Waals surface area (Å²) in [6.45, 7) is 9.11. The van der Waals surface area contributed by atoms with Gasteiger partial charge in [-0.1, -0.05) is 12.1 Å². The van der Waals surface area contributed by atoms with Crippen LogP contribution in [0.3, 0.4) is 0 Å². The smallest absolute Gasteiger partial charge is 0.269 e. The van der Waals surface area contributed by atoms with Gasteiger partial charge in [-0.15, -0.1) is 0 Å². The van der Waals surface area contributed by atoms with Gasteiger partial charge in [0.15, 0.2) is 0 Å². The van der Waals surface area contributed by atoms with Crippen LogP contribution < -0.4 is 10.6 Å². The number of hydrogen-bond donors (Lipinski definition) is 0. The second-order valence-electron chi connectivity index (χ2n) is 5.16. The summed E-state index contributed by atoms with van der Waals surface area (Å²) in [5.74, 6) is 0. The van der Waals surface area contributed by atoms with Crippen LogP contribution >= 0.6 is 37.2 Å². The fourth-order valence-electron chi connectivity index (χ4n) is 2.50. The minimum atomic E-state index is -1.36. The van der Waals surface area contributed by atoms with Gasteiger partial charge in [0, 0.05) is 26.7 Å². The van der Waals surface area contributed by atoms with Crippen LogP contribution in [0.15, 0.2) is 24.3 Å². The Kier molecular flexibility index (Phi) is 2.73. The molecule has 0 aromatic heterocycles. The lowest BCUT2D eigenvalue weighted by Gasteiger charge is -2.32. The first-order valence-corrected chi connectivity index (χ1v) is 11.4. The number of benzene rings is 1. The fraction of sp³-hybridized carbons (Fsp3) is 0.400. The van der Waals surface area contributed by atoms with Crippen LogP contribution in [0.1, 0.15) is 0 Å². The monoisotopic (exact) mass is 279 g/mol. The third-order valence-electron chi connectivity index (χ3n) is 3.68. The molecule has 1 aromatic carbocycles. The van der Waals surface area contributed by atoms with Gasteiger partial charge >= 0.3 is 4.42 Å². The molecule has 5 heteroatoms. The highest BCUT2D eigenvalue weighted by Gasteiger charge is 2.69. The highest BCUT2D eigenvalue weighted by Crippen LogP contribution is 2.84. The Morgan fingerprint density at radius 3 is 1.53 bits per heavy atom. The third-order valence-corrected chi connectivity index (χ3v) is 19.5. The Balaban J connectivity index is 2.78. The van der Waals surface area contributed by atoms with Crippen molar-refractivity contribution in [3.05, 3.63) is 24.3 Å². The van der Waals surface area contributed by atoms with Crippen LogP contribution in [-0.2, 0) is 0 Å². The standard InChI is InChI=1S/C10H16BCl2P2/c1-14(2)9-7-5-6-8-10(9)15(3,4)11(14,12)13/h5-8H,1-4H3/q+1. The largest absolute Gasteiger partial charge is 0.484 e. The average Bonchev–Trinajstić information content (AvgIpc) is 2.26. The molecule has 0 nitrogen and oxygen atoms in total. The maximum Gasteiger partial charge on any atom is 0.484 e. The van der Waals surface area contributed by atoms with Crippen LogP contribution in [-0.4, -0.2) is 31.1 Å². The van der Waals surface area contributed by atoms with Crippen molar-refractivity contribution in [2.75, 3.05) is 26.7 Å². The average molecular weight is 280 g/mol. The van der Waals surface area contributed by atoms with Crippen LogP contribution in [0.25, 0.3) is 0 Å². The maximum absolute atomic E-state index is 6.74. The lowest BCUT2D eigenvalue weighted by molar-refractivity contribution is 1.81. The van der Waals surface area contributed by atoms with Crippen molar-refractivity contribution in [1.82, 2.24) is 0 Å². The van der Waals surface area contributed by atoms with Crippen molar-refractivity contribution >= 4 is 52.2 Å². The molecule has 1 aliphatic heterocycles. The molecular formula is C10H16BCl2P2+. The first kappa shape index (κ1) is 12.2. The third kappa shape index (κ3) is 1.37. The van der Waals surface area contributed by atoms with Crippen molar-refractivity contribution in [2.24, 2.45) is 0 Å². The van der Waals surface area contributed by atoms with E-state index in [2.05, 4.69) is 50.9 Å². The summed E-state index contributed by atoms with van der Waals surface area (Å²) < 4.78 is -1.26. The predicted octanol–water partition coefficient (Wildman–Crippen LogP) is 3.42. The number of rotatable bonds is 0. The topological polar surface area (TPSA) is 0 Å². The highest BCUT2D eigenvalue weighted by atomic mass is 35.5. The molecule has 1 heterocycles. The van der Waals surface area contributed by atoms with E-state index in [0.717, 1.165) is 0 Å². The predicted molar refractivity (Wildman–Crippen MR) is 80.7 cm³/mol. The molecule has 0 amide bonds. The van der Waals surface area contributed by atoms with Crippen LogP contribution in [0.2, 0.25) is 0 Å². The Bertz CT molecular complexity index is 379. The fourth-order valence-corrected chi connectivity index (χ4v) is 14.8. The molecule has 15 heavy (non-hydrogen) atoms. The Morgan fingerprint density at radius 2 is 1.20 bits per heavy atom.